The lowest BCUT2D eigenvalue weighted by Gasteiger charge is -2.46. The van der Waals surface area contributed by atoms with Gasteiger partial charge in [-0.05, 0) is 18.4 Å². The highest BCUT2D eigenvalue weighted by Gasteiger charge is 2.48. The lowest BCUT2D eigenvalue weighted by Crippen LogP contribution is -2.65. The largest absolute Gasteiger partial charge is 0.354 e. The Labute approximate surface area is 106 Å². The summed E-state index contributed by atoms with van der Waals surface area (Å²) in [6.45, 7) is 5.63. The highest BCUT2D eigenvalue weighted by atomic mass is 15.3. The van der Waals surface area contributed by atoms with E-state index in [0.29, 0.717) is 5.54 Å². The molecule has 0 amide bonds. The van der Waals surface area contributed by atoms with E-state index < -0.39 is 0 Å². The number of H-pyrrole nitrogens is 1. The number of aromatic amines is 1. The number of aromatic nitrogens is 3. The van der Waals surface area contributed by atoms with Crippen molar-refractivity contribution in [3.8, 4) is 0 Å². The van der Waals surface area contributed by atoms with Gasteiger partial charge in [0, 0.05) is 31.4 Å². The van der Waals surface area contributed by atoms with Crippen LogP contribution in [0.3, 0.4) is 0 Å². The topological polar surface area (TPSA) is 56.8 Å². The maximum atomic E-state index is 4.48. The van der Waals surface area contributed by atoms with Crippen molar-refractivity contribution in [2.24, 2.45) is 5.92 Å². The average molecular weight is 243 g/mol. The first-order valence-electron chi connectivity index (χ1n) is 6.57. The summed E-state index contributed by atoms with van der Waals surface area (Å²) in [5, 5.41) is 4.75. The number of hydrogen-bond acceptors (Lipinski definition) is 4. The Hall–Kier alpha value is -1.62. The molecule has 2 aliphatic rings. The minimum Gasteiger partial charge on any atom is -0.354 e. The minimum atomic E-state index is 0.327. The molecule has 4 heterocycles. The van der Waals surface area contributed by atoms with Gasteiger partial charge in [0.2, 0.25) is 0 Å². The van der Waals surface area contributed by atoms with Gasteiger partial charge in [-0.1, -0.05) is 6.92 Å². The number of fused-ring (bicyclic) bond motifs is 1. The van der Waals surface area contributed by atoms with Gasteiger partial charge in [0.1, 0.15) is 17.8 Å². The minimum absolute atomic E-state index is 0.327. The summed E-state index contributed by atoms with van der Waals surface area (Å²) in [5.74, 6) is 1.84. The molecule has 4 rings (SSSR count). The van der Waals surface area contributed by atoms with E-state index in [1.807, 2.05) is 6.20 Å². The monoisotopic (exact) mass is 243 g/mol. The molecule has 1 spiro atoms. The fourth-order valence-corrected chi connectivity index (χ4v) is 3.27. The van der Waals surface area contributed by atoms with Gasteiger partial charge >= 0.3 is 0 Å². The van der Waals surface area contributed by atoms with Gasteiger partial charge < -0.3 is 15.2 Å². The Morgan fingerprint density at radius 1 is 1.44 bits per heavy atom. The molecule has 2 saturated heterocycles. The van der Waals surface area contributed by atoms with Crippen LogP contribution in [0.5, 0.6) is 0 Å². The van der Waals surface area contributed by atoms with Crippen molar-refractivity contribution in [2.75, 3.05) is 24.5 Å². The molecule has 94 valence electrons. The van der Waals surface area contributed by atoms with Crippen molar-refractivity contribution in [1.82, 2.24) is 20.3 Å². The summed E-state index contributed by atoms with van der Waals surface area (Å²) in [6, 6.07) is 2.06. The number of nitrogens with zero attached hydrogens (tertiary/aromatic N) is 3. The van der Waals surface area contributed by atoms with Crippen molar-refractivity contribution in [3.05, 3.63) is 18.6 Å². The average Bonchev–Trinajstić information content (AvgIpc) is 3.04. The van der Waals surface area contributed by atoms with E-state index >= 15 is 0 Å². The van der Waals surface area contributed by atoms with Crippen LogP contribution in [0.4, 0.5) is 5.82 Å². The number of nitrogens with one attached hydrogen (secondary N) is 2. The van der Waals surface area contributed by atoms with Gasteiger partial charge in [-0.2, -0.15) is 0 Å². The molecular weight excluding hydrogens is 226 g/mol. The second-order valence-corrected chi connectivity index (χ2v) is 5.55. The maximum absolute atomic E-state index is 4.48. The molecule has 2 N–H and O–H groups in total. The molecule has 0 bridgehead atoms. The smallest absolute Gasteiger partial charge is 0.142 e. The summed E-state index contributed by atoms with van der Waals surface area (Å²) in [7, 11) is 0. The van der Waals surface area contributed by atoms with Gasteiger partial charge in [-0.3, -0.25) is 0 Å². The Bertz CT molecular complexity index is 592. The Kier molecular flexibility index (Phi) is 1.97. The zero-order valence-electron chi connectivity index (χ0n) is 10.5. The van der Waals surface area contributed by atoms with Crippen molar-refractivity contribution >= 4 is 16.9 Å². The predicted molar refractivity (Wildman–Crippen MR) is 70.6 cm³/mol. The fourth-order valence-electron chi connectivity index (χ4n) is 3.27. The van der Waals surface area contributed by atoms with E-state index in [2.05, 4.69) is 38.2 Å². The Morgan fingerprint density at radius 2 is 2.39 bits per heavy atom. The maximum Gasteiger partial charge on any atom is 0.142 e. The van der Waals surface area contributed by atoms with E-state index in [1.54, 1.807) is 6.33 Å². The molecule has 2 fully saturated rings. The molecule has 2 aliphatic heterocycles. The summed E-state index contributed by atoms with van der Waals surface area (Å²) < 4.78 is 0. The summed E-state index contributed by atoms with van der Waals surface area (Å²) in [6.07, 6.45) is 4.79. The molecule has 0 unspecified atom stereocenters. The molecule has 5 heteroatoms. The summed E-state index contributed by atoms with van der Waals surface area (Å²) >= 11 is 0. The van der Waals surface area contributed by atoms with Gasteiger partial charge in [-0.15, -0.1) is 0 Å². The van der Waals surface area contributed by atoms with E-state index in [9.17, 15) is 0 Å². The van der Waals surface area contributed by atoms with Crippen LogP contribution in [-0.2, 0) is 0 Å². The van der Waals surface area contributed by atoms with Crippen LogP contribution < -0.4 is 10.2 Å². The zero-order valence-corrected chi connectivity index (χ0v) is 10.5. The molecule has 0 aliphatic carbocycles. The zero-order chi connectivity index (χ0) is 12.2. The van der Waals surface area contributed by atoms with Gasteiger partial charge in [-0.25, -0.2) is 9.97 Å². The third-order valence-electron chi connectivity index (χ3n) is 4.64. The van der Waals surface area contributed by atoms with Crippen LogP contribution >= 0.6 is 0 Å². The number of hydrogen-bond donors (Lipinski definition) is 2. The first-order chi connectivity index (χ1) is 8.78. The third-order valence-corrected chi connectivity index (χ3v) is 4.64. The summed E-state index contributed by atoms with van der Waals surface area (Å²) in [5.41, 5.74) is 1.25. The molecule has 18 heavy (non-hydrogen) atoms. The molecule has 5 nitrogen and oxygen atoms in total. The van der Waals surface area contributed by atoms with Gasteiger partial charge in [0.25, 0.3) is 0 Å². The van der Waals surface area contributed by atoms with E-state index in [-0.39, 0.29) is 0 Å². The van der Waals surface area contributed by atoms with Gasteiger partial charge in [0.15, 0.2) is 0 Å². The second-order valence-electron chi connectivity index (χ2n) is 5.55. The standard InChI is InChI=1S/C13H17N5/c1-9-6-17-13(9)3-5-18(7-13)12-10-2-4-14-11(10)15-8-16-12/h2,4,8-9,17H,3,5-7H2,1H3,(H,14,15,16)/t9-,13-/m0/s1. The molecule has 0 aromatic carbocycles. The van der Waals surface area contributed by atoms with Crippen molar-refractivity contribution < 1.29 is 0 Å². The predicted octanol–water partition coefficient (Wildman–Crippen LogP) is 1.15. The number of rotatable bonds is 1. The van der Waals surface area contributed by atoms with Crippen LogP contribution in [0.15, 0.2) is 18.6 Å². The van der Waals surface area contributed by atoms with Crippen molar-refractivity contribution in [1.29, 1.82) is 0 Å². The van der Waals surface area contributed by atoms with Crippen LogP contribution in [0.1, 0.15) is 13.3 Å². The van der Waals surface area contributed by atoms with E-state index in [0.717, 1.165) is 42.4 Å². The fraction of sp³-hybridized carbons (Fsp3) is 0.538. The molecule has 2 atom stereocenters. The van der Waals surface area contributed by atoms with Crippen molar-refractivity contribution in [2.45, 2.75) is 18.9 Å². The molecule has 0 radical (unpaired) electrons. The molecule has 0 saturated carbocycles. The van der Waals surface area contributed by atoms with Crippen LogP contribution in [0.2, 0.25) is 0 Å². The SMILES string of the molecule is C[C@H]1CN[C@]12CCN(c1ncnc3[nH]ccc13)C2. The first-order valence-corrected chi connectivity index (χ1v) is 6.57. The lowest BCUT2D eigenvalue weighted by molar-refractivity contribution is 0.138. The highest BCUT2D eigenvalue weighted by molar-refractivity contribution is 5.87. The Balaban J connectivity index is 1.70. The normalized spacial score (nSPS) is 31.2. The van der Waals surface area contributed by atoms with Crippen LogP contribution in [-0.4, -0.2) is 40.1 Å². The highest BCUT2D eigenvalue weighted by Crippen LogP contribution is 2.37. The lowest BCUT2D eigenvalue weighted by atomic mass is 9.77. The number of anilines is 1. The van der Waals surface area contributed by atoms with Crippen LogP contribution in [0, 0.1) is 5.92 Å². The Morgan fingerprint density at radius 3 is 3.11 bits per heavy atom. The van der Waals surface area contributed by atoms with Crippen molar-refractivity contribution in [3.63, 3.8) is 0 Å². The molecule has 2 aromatic rings. The third kappa shape index (κ3) is 1.25. The second kappa shape index (κ2) is 3.45. The molecule has 2 aromatic heterocycles. The quantitative estimate of drug-likeness (QED) is 0.789. The van der Waals surface area contributed by atoms with E-state index in [4.69, 9.17) is 0 Å². The van der Waals surface area contributed by atoms with Gasteiger partial charge in [0.05, 0.1) is 5.39 Å². The molecular formula is C13H17N5. The first kappa shape index (κ1) is 10.3. The summed E-state index contributed by atoms with van der Waals surface area (Å²) in [4.78, 5) is 14.3. The van der Waals surface area contributed by atoms with Crippen LogP contribution in [0.25, 0.3) is 11.0 Å². The van der Waals surface area contributed by atoms with E-state index in [1.165, 1.54) is 6.42 Å².